The molecule has 0 aliphatic heterocycles. The summed E-state index contributed by atoms with van der Waals surface area (Å²) in [5, 5.41) is 0. The van der Waals surface area contributed by atoms with E-state index in [4.69, 9.17) is 0 Å². The van der Waals surface area contributed by atoms with E-state index in [-0.39, 0.29) is 0 Å². The molecule has 1 radical (unpaired) electrons. The molecule has 0 bridgehead atoms. The summed E-state index contributed by atoms with van der Waals surface area (Å²) in [6.45, 7) is 7.82. The van der Waals surface area contributed by atoms with E-state index < -0.39 is 5.97 Å². The molecule has 0 aliphatic carbocycles. The zero-order valence-electron chi connectivity index (χ0n) is 9.08. The Labute approximate surface area is 89.9 Å². The molecule has 0 saturated carbocycles. The smallest absolute Gasteiger partial charge is 0.293 e. The van der Waals surface area contributed by atoms with Gasteiger partial charge in [0.05, 0.1) is 12.2 Å². The summed E-state index contributed by atoms with van der Waals surface area (Å²) < 4.78 is 0. The highest BCUT2D eigenvalue weighted by Crippen LogP contribution is 2.10. The zero-order valence-corrected chi connectivity index (χ0v) is 9.08. The van der Waals surface area contributed by atoms with Gasteiger partial charge >= 0.3 is 5.97 Å². The van der Waals surface area contributed by atoms with Gasteiger partial charge in [0.15, 0.2) is 0 Å². The molecule has 0 saturated heterocycles. The van der Waals surface area contributed by atoms with E-state index in [1.807, 2.05) is 19.9 Å². The van der Waals surface area contributed by atoms with Gasteiger partial charge in [0.25, 0.3) is 0 Å². The van der Waals surface area contributed by atoms with E-state index >= 15 is 0 Å². The molecular formula is C12H15O3. The Morgan fingerprint density at radius 2 is 2.07 bits per heavy atom. The molecule has 81 valence electrons. The molecule has 0 spiro atoms. The largest absolute Gasteiger partial charge is 0.373 e. The summed E-state index contributed by atoms with van der Waals surface area (Å²) in [6, 6.07) is 5.39. The van der Waals surface area contributed by atoms with Crippen LogP contribution < -0.4 is 0 Å². The molecule has 1 aromatic rings. The highest BCUT2D eigenvalue weighted by atomic mass is 17.2. The van der Waals surface area contributed by atoms with Gasteiger partial charge in [-0.25, -0.2) is 4.79 Å². The minimum absolute atomic E-state index is 0.316. The lowest BCUT2D eigenvalue weighted by Crippen LogP contribution is -2.07. The molecule has 1 rings (SSSR count). The quantitative estimate of drug-likeness (QED) is 0.432. The average molecular weight is 207 g/mol. The van der Waals surface area contributed by atoms with Crippen molar-refractivity contribution in [2.24, 2.45) is 0 Å². The lowest BCUT2D eigenvalue weighted by molar-refractivity contribution is -0.239. The van der Waals surface area contributed by atoms with Crippen LogP contribution in [0.3, 0.4) is 0 Å². The normalized spacial score (nSPS) is 10.1. The predicted octanol–water partition coefficient (Wildman–Crippen LogP) is 2.62. The van der Waals surface area contributed by atoms with Gasteiger partial charge < -0.3 is 0 Å². The number of aryl methyl sites for hydroxylation is 2. The Morgan fingerprint density at radius 1 is 1.33 bits per heavy atom. The van der Waals surface area contributed by atoms with Crippen LogP contribution in [0.25, 0.3) is 0 Å². The maximum Gasteiger partial charge on any atom is 0.373 e. The Hall–Kier alpha value is -1.35. The molecule has 0 unspecified atom stereocenters. The molecule has 0 N–H and O–H groups in total. The highest BCUT2D eigenvalue weighted by Gasteiger charge is 2.08. The van der Waals surface area contributed by atoms with Crippen molar-refractivity contribution in [3.63, 3.8) is 0 Å². The molecule has 0 aromatic heterocycles. The highest BCUT2D eigenvalue weighted by molar-refractivity contribution is 5.89. The Kier molecular flexibility index (Phi) is 4.31. The minimum atomic E-state index is -0.466. The number of rotatable bonds is 4. The Balaban J connectivity index is 2.62. The standard InChI is InChI=1S/C12H15O3/c1-4-7-14-15-12(13)11-6-5-9(2)10(3)8-11/h5-6,8H,1,4,7H2,2-3H3. The van der Waals surface area contributed by atoms with Crippen LogP contribution in [-0.4, -0.2) is 12.6 Å². The van der Waals surface area contributed by atoms with Gasteiger partial charge in [0.1, 0.15) is 0 Å². The fraction of sp³-hybridized carbons (Fsp3) is 0.333. The van der Waals surface area contributed by atoms with Crippen LogP contribution in [0.4, 0.5) is 0 Å². The second-order valence-electron chi connectivity index (χ2n) is 3.35. The molecule has 0 fully saturated rings. The van der Waals surface area contributed by atoms with Crippen molar-refractivity contribution in [1.82, 2.24) is 0 Å². The summed E-state index contributed by atoms with van der Waals surface area (Å²) >= 11 is 0. The van der Waals surface area contributed by atoms with Crippen LogP contribution in [0.1, 0.15) is 27.9 Å². The molecule has 0 atom stereocenters. The number of hydrogen-bond donors (Lipinski definition) is 0. The van der Waals surface area contributed by atoms with Crippen molar-refractivity contribution in [2.45, 2.75) is 20.3 Å². The minimum Gasteiger partial charge on any atom is -0.293 e. The summed E-state index contributed by atoms with van der Waals surface area (Å²) in [4.78, 5) is 20.7. The van der Waals surface area contributed by atoms with Crippen LogP contribution in [0.2, 0.25) is 0 Å². The topological polar surface area (TPSA) is 35.5 Å². The SMILES string of the molecule is [CH2]CCOOC(=O)c1ccc(C)c(C)c1. The number of benzene rings is 1. The first-order chi connectivity index (χ1) is 7.15. The first-order valence-electron chi connectivity index (χ1n) is 4.85. The van der Waals surface area contributed by atoms with Crippen molar-refractivity contribution in [2.75, 3.05) is 6.61 Å². The van der Waals surface area contributed by atoms with E-state index in [9.17, 15) is 4.79 Å². The third-order valence-electron chi connectivity index (χ3n) is 2.10. The molecule has 0 amide bonds. The third kappa shape index (κ3) is 3.36. The first kappa shape index (κ1) is 11.7. The number of carbonyl (C=O) groups is 1. The van der Waals surface area contributed by atoms with Crippen molar-refractivity contribution < 1.29 is 14.6 Å². The summed E-state index contributed by atoms with van der Waals surface area (Å²) in [5.74, 6) is -0.466. The average Bonchev–Trinajstić information content (AvgIpc) is 2.22. The maximum atomic E-state index is 11.4. The molecule has 0 heterocycles. The monoisotopic (exact) mass is 207 g/mol. The summed E-state index contributed by atoms with van der Waals surface area (Å²) in [6.07, 6.45) is 0.570. The van der Waals surface area contributed by atoms with E-state index in [1.165, 1.54) is 0 Å². The lowest BCUT2D eigenvalue weighted by Gasteiger charge is -2.04. The fourth-order valence-electron chi connectivity index (χ4n) is 1.07. The van der Waals surface area contributed by atoms with Gasteiger partial charge in [0, 0.05) is 0 Å². The van der Waals surface area contributed by atoms with E-state index in [2.05, 4.69) is 16.7 Å². The Morgan fingerprint density at radius 3 is 2.67 bits per heavy atom. The third-order valence-corrected chi connectivity index (χ3v) is 2.10. The van der Waals surface area contributed by atoms with Crippen molar-refractivity contribution >= 4 is 5.97 Å². The first-order valence-corrected chi connectivity index (χ1v) is 4.85. The van der Waals surface area contributed by atoms with Crippen molar-refractivity contribution in [3.05, 3.63) is 41.8 Å². The summed E-state index contributed by atoms with van der Waals surface area (Å²) in [5.41, 5.74) is 2.70. The van der Waals surface area contributed by atoms with E-state index in [1.54, 1.807) is 12.1 Å². The van der Waals surface area contributed by atoms with Crippen LogP contribution in [0, 0.1) is 20.8 Å². The van der Waals surface area contributed by atoms with Crippen LogP contribution in [-0.2, 0) is 9.78 Å². The second kappa shape index (κ2) is 5.51. The van der Waals surface area contributed by atoms with E-state index in [0.29, 0.717) is 18.6 Å². The van der Waals surface area contributed by atoms with Crippen LogP contribution >= 0.6 is 0 Å². The predicted molar refractivity (Wildman–Crippen MR) is 57.3 cm³/mol. The van der Waals surface area contributed by atoms with Crippen LogP contribution in [0.5, 0.6) is 0 Å². The second-order valence-corrected chi connectivity index (χ2v) is 3.35. The van der Waals surface area contributed by atoms with Crippen LogP contribution in [0.15, 0.2) is 18.2 Å². The molecule has 3 heteroatoms. The van der Waals surface area contributed by atoms with Gasteiger partial charge in [-0.2, -0.15) is 4.89 Å². The zero-order chi connectivity index (χ0) is 11.3. The van der Waals surface area contributed by atoms with Gasteiger partial charge in [-0.1, -0.05) is 13.0 Å². The molecule has 0 aliphatic rings. The van der Waals surface area contributed by atoms with Crippen molar-refractivity contribution in [1.29, 1.82) is 0 Å². The number of hydrogen-bond acceptors (Lipinski definition) is 3. The van der Waals surface area contributed by atoms with Gasteiger partial charge in [-0.15, -0.1) is 0 Å². The molecule has 3 nitrogen and oxygen atoms in total. The van der Waals surface area contributed by atoms with Gasteiger partial charge in [-0.05, 0) is 43.5 Å². The van der Waals surface area contributed by atoms with E-state index in [0.717, 1.165) is 11.1 Å². The fourth-order valence-corrected chi connectivity index (χ4v) is 1.07. The molecule has 1 aromatic carbocycles. The summed E-state index contributed by atoms with van der Waals surface area (Å²) in [7, 11) is 0. The maximum absolute atomic E-state index is 11.4. The molecule has 15 heavy (non-hydrogen) atoms. The number of carbonyl (C=O) groups excluding carboxylic acids is 1. The van der Waals surface area contributed by atoms with Gasteiger partial charge in [0.2, 0.25) is 0 Å². The lowest BCUT2D eigenvalue weighted by atomic mass is 10.1. The van der Waals surface area contributed by atoms with Crippen molar-refractivity contribution in [3.8, 4) is 0 Å². The van der Waals surface area contributed by atoms with Gasteiger partial charge in [-0.3, -0.25) is 4.89 Å². The Bertz CT molecular complexity index is 345. The molecular weight excluding hydrogens is 192 g/mol.